The molecule has 1 aromatic rings. The van der Waals surface area contributed by atoms with Crippen molar-refractivity contribution in [3.63, 3.8) is 0 Å². The minimum atomic E-state index is -0.729. The van der Waals surface area contributed by atoms with Crippen LogP contribution in [0, 0.1) is 24.7 Å². The molecule has 1 aliphatic carbocycles. The van der Waals surface area contributed by atoms with Gasteiger partial charge in [0.05, 0.1) is 22.5 Å². The van der Waals surface area contributed by atoms with Crippen LogP contribution in [0.2, 0.25) is 0 Å². The summed E-state index contributed by atoms with van der Waals surface area (Å²) in [6.45, 7) is 6.39. The molecule has 3 amide bonds. The van der Waals surface area contributed by atoms with E-state index in [0.717, 1.165) is 10.7 Å². The second kappa shape index (κ2) is 8.33. The molecule has 6 nitrogen and oxygen atoms in total. The molecule has 2 heterocycles. The molecule has 0 saturated carbocycles. The second-order valence-corrected chi connectivity index (χ2v) is 8.81. The molecule has 146 valence electrons. The Morgan fingerprint density at radius 1 is 1.26 bits per heavy atom. The number of fused-ring (bicyclic) bond motifs is 1. The van der Waals surface area contributed by atoms with Crippen LogP contribution < -0.4 is 5.32 Å². The maximum atomic E-state index is 12.9. The first-order valence-corrected chi connectivity index (χ1v) is 10.5. The molecule has 1 fully saturated rings. The quantitative estimate of drug-likeness (QED) is 0.574. The van der Waals surface area contributed by atoms with E-state index < -0.39 is 6.04 Å². The lowest BCUT2D eigenvalue weighted by molar-refractivity contribution is -0.148. The van der Waals surface area contributed by atoms with Crippen molar-refractivity contribution in [2.24, 2.45) is 17.8 Å². The fourth-order valence-electron chi connectivity index (χ4n) is 3.86. The summed E-state index contributed by atoms with van der Waals surface area (Å²) >= 11 is 1.58. The summed E-state index contributed by atoms with van der Waals surface area (Å²) in [7, 11) is 0. The number of amides is 3. The van der Waals surface area contributed by atoms with E-state index in [1.165, 1.54) is 4.90 Å². The summed E-state index contributed by atoms with van der Waals surface area (Å²) in [6, 6.07) is -0.729. The van der Waals surface area contributed by atoms with Crippen LogP contribution in [-0.4, -0.2) is 40.2 Å². The average Bonchev–Trinajstić information content (AvgIpc) is 3.15. The lowest BCUT2D eigenvalue weighted by atomic mass is 9.85. The van der Waals surface area contributed by atoms with Crippen LogP contribution in [0.25, 0.3) is 0 Å². The Morgan fingerprint density at radius 3 is 2.41 bits per heavy atom. The third kappa shape index (κ3) is 4.29. The minimum Gasteiger partial charge on any atom is -0.354 e. The Morgan fingerprint density at radius 2 is 1.89 bits per heavy atom. The van der Waals surface area contributed by atoms with Crippen molar-refractivity contribution in [2.45, 2.75) is 52.5 Å². The number of aryl methyl sites for hydroxylation is 1. The third-order valence-electron chi connectivity index (χ3n) is 5.20. The van der Waals surface area contributed by atoms with Gasteiger partial charge in [-0.2, -0.15) is 0 Å². The molecule has 0 unspecified atom stereocenters. The predicted octanol–water partition coefficient (Wildman–Crippen LogP) is 2.48. The van der Waals surface area contributed by atoms with Crippen LogP contribution in [0.1, 0.15) is 43.8 Å². The number of carbonyl (C=O) groups is 3. The first-order chi connectivity index (χ1) is 12.9. The van der Waals surface area contributed by atoms with Crippen LogP contribution in [0.15, 0.2) is 17.5 Å². The van der Waals surface area contributed by atoms with Gasteiger partial charge in [0.2, 0.25) is 17.7 Å². The highest BCUT2D eigenvalue weighted by molar-refractivity contribution is 7.09. The average molecular weight is 390 g/mol. The Bertz CT molecular complexity index is 729. The van der Waals surface area contributed by atoms with Gasteiger partial charge in [0.25, 0.3) is 0 Å². The Labute approximate surface area is 164 Å². The summed E-state index contributed by atoms with van der Waals surface area (Å²) in [5.74, 6) is -1.03. The highest BCUT2D eigenvalue weighted by atomic mass is 32.1. The number of hydrogen-bond acceptors (Lipinski definition) is 5. The second-order valence-electron chi connectivity index (χ2n) is 7.75. The van der Waals surface area contributed by atoms with Gasteiger partial charge in [-0.3, -0.25) is 19.3 Å². The summed E-state index contributed by atoms with van der Waals surface area (Å²) in [4.78, 5) is 44.2. The van der Waals surface area contributed by atoms with E-state index in [-0.39, 0.29) is 35.5 Å². The SMILES string of the molecule is Cc1nc(CCNC(=O)[C@H](CC(C)C)N2C(=O)[C@H]3CC=CC[C@H]3C2=O)cs1. The summed E-state index contributed by atoms with van der Waals surface area (Å²) in [5, 5.41) is 5.89. The zero-order valence-corrected chi connectivity index (χ0v) is 16.9. The number of rotatable bonds is 7. The number of carbonyl (C=O) groups excluding carboxylic acids is 3. The van der Waals surface area contributed by atoms with Gasteiger partial charge in [-0.15, -0.1) is 11.3 Å². The highest BCUT2D eigenvalue weighted by Gasteiger charge is 2.51. The van der Waals surface area contributed by atoms with Crippen LogP contribution in [0.4, 0.5) is 0 Å². The summed E-state index contributed by atoms with van der Waals surface area (Å²) in [5.41, 5.74) is 0.948. The maximum Gasteiger partial charge on any atom is 0.243 e. The van der Waals surface area contributed by atoms with E-state index in [1.54, 1.807) is 11.3 Å². The predicted molar refractivity (Wildman–Crippen MR) is 104 cm³/mol. The number of likely N-dealkylation sites (tertiary alicyclic amines) is 1. The molecule has 1 aliphatic heterocycles. The van der Waals surface area contributed by atoms with Gasteiger partial charge in [0.15, 0.2) is 0 Å². The molecule has 0 spiro atoms. The zero-order valence-electron chi connectivity index (χ0n) is 16.1. The van der Waals surface area contributed by atoms with Gasteiger partial charge in [0, 0.05) is 18.3 Å². The third-order valence-corrected chi connectivity index (χ3v) is 6.02. The van der Waals surface area contributed by atoms with Gasteiger partial charge >= 0.3 is 0 Å². The van der Waals surface area contributed by atoms with Crippen molar-refractivity contribution in [1.82, 2.24) is 15.2 Å². The summed E-state index contributed by atoms with van der Waals surface area (Å²) < 4.78 is 0. The van der Waals surface area contributed by atoms with Crippen molar-refractivity contribution < 1.29 is 14.4 Å². The van der Waals surface area contributed by atoms with Gasteiger partial charge in [-0.25, -0.2) is 4.98 Å². The molecule has 1 saturated heterocycles. The number of thiazole rings is 1. The molecule has 0 bridgehead atoms. The number of nitrogens with zero attached hydrogens (tertiary/aromatic N) is 2. The number of hydrogen-bond donors (Lipinski definition) is 1. The molecule has 2 aliphatic rings. The smallest absolute Gasteiger partial charge is 0.243 e. The lowest BCUT2D eigenvalue weighted by Crippen LogP contribution is -2.51. The van der Waals surface area contributed by atoms with E-state index in [0.29, 0.717) is 32.2 Å². The van der Waals surface area contributed by atoms with E-state index >= 15 is 0 Å². The Kier molecular flexibility index (Phi) is 6.09. The zero-order chi connectivity index (χ0) is 19.6. The van der Waals surface area contributed by atoms with E-state index in [1.807, 2.05) is 38.3 Å². The molecule has 27 heavy (non-hydrogen) atoms. The van der Waals surface area contributed by atoms with E-state index in [4.69, 9.17) is 0 Å². The van der Waals surface area contributed by atoms with E-state index in [2.05, 4.69) is 10.3 Å². The van der Waals surface area contributed by atoms with Crippen molar-refractivity contribution in [1.29, 1.82) is 0 Å². The number of imide groups is 1. The largest absolute Gasteiger partial charge is 0.354 e. The van der Waals surface area contributed by atoms with E-state index in [9.17, 15) is 14.4 Å². The number of aromatic nitrogens is 1. The topological polar surface area (TPSA) is 79.4 Å². The molecule has 1 aromatic heterocycles. The fraction of sp³-hybridized carbons (Fsp3) is 0.600. The number of allylic oxidation sites excluding steroid dienone is 2. The maximum absolute atomic E-state index is 12.9. The Hall–Kier alpha value is -2.02. The Balaban J connectivity index is 1.68. The monoisotopic (exact) mass is 389 g/mol. The van der Waals surface area contributed by atoms with Crippen LogP contribution >= 0.6 is 11.3 Å². The first kappa shape index (κ1) is 19.7. The van der Waals surface area contributed by atoms with Crippen LogP contribution in [0.3, 0.4) is 0 Å². The van der Waals surface area contributed by atoms with Crippen molar-refractivity contribution in [3.05, 3.63) is 28.2 Å². The van der Waals surface area contributed by atoms with Crippen LogP contribution in [0.5, 0.6) is 0 Å². The fourth-order valence-corrected chi connectivity index (χ4v) is 4.51. The molecule has 0 aromatic carbocycles. The lowest BCUT2D eigenvalue weighted by Gasteiger charge is -2.27. The van der Waals surface area contributed by atoms with Crippen LogP contribution in [-0.2, 0) is 20.8 Å². The highest BCUT2D eigenvalue weighted by Crippen LogP contribution is 2.37. The van der Waals surface area contributed by atoms with Crippen molar-refractivity contribution in [3.8, 4) is 0 Å². The van der Waals surface area contributed by atoms with Crippen molar-refractivity contribution >= 4 is 29.1 Å². The molecule has 0 radical (unpaired) electrons. The normalized spacial score (nSPS) is 23.0. The first-order valence-electron chi connectivity index (χ1n) is 9.59. The molecule has 3 rings (SSSR count). The van der Waals surface area contributed by atoms with Gasteiger partial charge in [0.1, 0.15) is 6.04 Å². The molecule has 3 atom stereocenters. The standard InChI is InChI=1S/C20H27N3O3S/c1-12(2)10-17(18(24)21-9-8-14-11-27-13(3)22-14)23-19(25)15-6-4-5-7-16(15)20(23)26/h4-5,11-12,15-17H,6-10H2,1-3H3,(H,21,24)/t15-,16+,17-/m0/s1. The molecule has 1 N–H and O–H groups in total. The van der Waals surface area contributed by atoms with Gasteiger partial charge in [-0.05, 0) is 32.1 Å². The molecular weight excluding hydrogens is 362 g/mol. The van der Waals surface area contributed by atoms with Gasteiger partial charge < -0.3 is 5.32 Å². The van der Waals surface area contributed by atoms with Gasteiger partial charge in [-0.1, -0.05) is 26.0 Å². The number of nitrogens with one attached hydrogen (secondary N) is 1. The summed E-state index contributed by atoms with van der Waals surface area (Å²) in [6.07, 6.45) is 6.22. The van der Waals surface area contributed by atoms with Crippen molar-refractivity contribution in [2.75, 3.05) is 6.54 Å². The molecular formula is C20H27N3O3S. The molecule has 7 heteroatoms. The minimum absolute atomic E-state index is 0.190.